The van der Waals surface area contributed by atoms with Crippen molar-refractivity contribution < 1.29 is 39.2 Å². The van der Waals surface area contributed by atoms with Crippen LogP contribution in [0.25, 0.3) is 22.0 Å². The normalized spacial score (nSPS) is 18.1. The van der Waals surface area contributed by atoms with Crippen LogP contribution in [0, 0.1) is 11.6 Å². The van der Waals surface area contributed by atoms with Crippen LogP contribution in [-0.4, -0.2) is 37.7 Å². The number of nitrogens with one attached hydrogen (secondary N) is 2. The van der Waals surface area contributed by atoms with Gasteiger partial charge in [0.15, 0.2) is 0 Å². The lowest BCUT2D eigenvalue weighted by Crippen LogP contribution is -2.43. The number of halogens is 7. The van der Waals surface area contributed by atoms with Crippen molar-refractivity contribution in [1.29, 1.82) is 0 Å². The van der Waals surface area contributed by atoms with Crippen molar-refractivity contribution in [1.82, 2.24) is 14.6 Å². The largest absolute Gasteiger partial charge is 0.417 e. The summed E-state index contributed by atoms with van der Waals surface area (Å²) in [5.74, 6) is -2.30. The molecule has 2 aromatic carbocycles. The van der Waals surface area contributed by atoms with Crippen molar-refractivity contribution in [3.8, 4) is 11.1 Å². The third-order valence-corrected chi connectivity index (χ3v) is 8.46. The summed E-state index contributed by atoms with van der Waals surface area (Å²) in [7, 11) is -4.04. The van der Waals surface area contributed by atoms with E-state index in [1.54, 1.807) is 0 Å². The highest BCUT2D eigenvalue weighted by Gasteiger charge is 2.41. The molecule has 36 heavy (non-hydrogen) atoms. The number of fused-ring (bicyclic) bond motifs is 1. The van der Waals surface area contributed by atoms with Gasteiger partial charge in [-0.1, -0.05) is 6.07 Å². The van der Waals surface area contributed by atoms with Crippen molar-refractivity contribution in [3.05, 3.63) is 59.3 Å². The van der Waals surface area contributed by atoms with Gasteiger partial charge in [0.1, 0.15) is 17.7 Å². The average molecular weight is 535 g/mol. The van der Waals surface area contributed by atoms with E-state index in [1.807, 2.05) is 4.72 Å². The maximum absolute atomic E-state index is 15.3. The van der Waals surface area contributed by atoms with Gasteiger partial charge >= 0.3 is 6.18 Å². The Bertz CT molecular complexity index is 1430. The fourth-order valence-electron chi connectivity index (χ4n) is 4.41. The van der Waals surface area contributed by atoms with Crippen LogP contribution >= 0.6 is 0 Å². The number of hydrogen-bond acceptors (Lipinski definition) is 3. The Balaban J connectivity index is 1.70. The van der Waals surface area contributed by atoms with Gasteiger partial charge in [-0.3, -0.25) is 0 Å². The van der Waals surface area contributed by atoms with Crippen LogP contribution in [0.1, 0.15) is 36.1 Å². The van der Waals surface area contributed by atoms with E-state index in [2.05, 4.69) is 5.32 Å². The van der Waals surface area contributed by atoms with Crippen molar-refractivity contribution >= 4 is 20.9 Å². The summed E-state index contributed by atoms with van der Waals surface area (Å²) in [6.07, 6.45) is -6.17. The molecule has 1 saturated heterocycles. The predicted octanol–water partition coefficient (Wildman–Crippen LogP) is 5.14. The molecule has 1 aliphatic carbocycles. The minimum absolute atomic E-state index is 0.0531. The molecule has 2 aliphatic rings. The van der Waals surface area contributed by atoms with E-state index in [-0.39, 0.29) is 28.6 Å². The molecular formula is C23H20F7N3O2S. The third kappa shape index (κ3) is 4.48. The zero-order valence-corrected chi connectivity index (χ0v) is 19.2. The van der Waals surface area contributed by atoms with Gasteiger partial charge in [-0.15, -0.1) is 0 Å². The molecule has 194 valence electrons. The Morgan fingerprint density at radius 3 is 2.28 bits per heavy atom. The van der Waals surface area contributed by atoms with Gasteiger partial charge in [0, 0.05) is 41.3 Å². The summed E-state index contributed by atoms with van der Waals surface area (Å²) in [6.45, 7) is 0.848. The Kier molecular flexibility index (Phi) is 6.07. The van der Waals surface area contributed by atoms with Crippen LogP contribution in [-0.2, 0) is 16.2 Å². The Morgan fingerprint density at radius 2 is 1.72 bits per heavy atom. The fraction of sp³-hybridized carbons (Fsp3) is 0.391. The van der Waals surface area contributed by atoms with Crippen LogP contribution in [0.15, 0.2) is 36.5 Å². The summed E-state index contributed by atoms with van der Waals surface area (Å²) in [5.41, 5.74) is -2.50. The van der Waals surface area contributed by atoms with Crippen molar-refractivity contribution in [2.45, 2.75) is 42.8 Å². The molecule has 2 N–H and O–H groups in total. The first kappa shape index (κ1) is 25.0. The van der Waals surface area contributed by atoms with Crippen LogP contribution < -0.4 is 10.0 Å². The summed E-state index contributed by atoms with van der Waals surface area (Å²) in [4.78, 5) is 0. The second kappa shape index (κ2) is 8.73. The van der Waals surface area contributed by atoms with Crippen LogP contribution in [0.2, 0.25) is 0 Å². The number of benzene rings is 2. The molecule has 0 bridgehead atoms. The van der Waals surface area contributed by atoms with E-state index in [9.17, 15) is 34.8 Å². The lowest BCUT2D eigenvalue weighted by atomic mass is 9.96. The molecule has 0 radical (unpaired) electrons. The van der Waals surface area contributed by atoms with Gasteiger partial charge in [0.25, 0.3) is 6.43 Å². The maximum Gasteiger partial charge on any atom is 0.417 e. The van der Waals surface area contributed by atoms with E-state index < -0.39 is 62.2 Å². The van der Waals surface area contributed by atoms with Gasteiger partial charge < -0.3 is 9.88 Å². The average Bonchev–Trinajstić information content (AvgIpc) is 3.55. The Labute approximate surface area is 201 Å². The molecule has 0 unspecified atom stereocenters. The highest BCUT2D eigenvalue weighted by atomic mass is 32.2. The second-order valence-corrected chi connectivity index (χ2v) is 11.0. The first-order valence-electron chi connectivity index (χ1n) is 11.1. The molecule has 1 aliphatic heterocycles. The molecule has 1 atom stereocenters. The molecule has 5 nitrogen and oxygen atoms in total. The zero-order valence-electron chi connectivity index (χ0n) is 18.4. The fourth-order valence-corrected chi connectivity index (χ4v) is 5.94. The second-order valence-electron chi connectivity index (χ2n) is 9.01. The molecule has 3 aromatic rings. The maximum atomic E-state index is 15.3. The van der Waals surface area contributed by atoms with Gasteiger partial charge in [0.05, 0.1) is 16.9 Å². The molecule has 0 spiro atoms. The SMILES string of the molecule is O=S(=O)(N[C@@H](c1cn(C2CNC2)c2cc(-c3ccc(F)cc3C(F)(F)F)c(F)cc12)C(F)F)C1CC1. The molecule has 1 aromatic heterocycles. The van der Waals surface area contributed by atoms with Crippen LogP contribution in [0.3, 0.4) is 0 Å². The first-order chi connectivity index (χ1) is 16.9. The van der Waals surface area contributed by atoms with Gasteiger partial charge in [0.2, 0.25) is 10.0 Å². The van der Waals surface area contributed by atoms with Crippen molar-refractivity contribution in [2.24, 2.45) is 0 Å². The van der Waals surface area contributed by atoms with E-state index in [1.165, 1.54) is 10.8 Å². The van der Waals surface area contributed by atoms with E-state index in [4.69, 9.17) is 0 Å². The summed E-state index contributed by atoms with van der Waals surface area (Å²) in [5, 5.41) is 2.17. The molecular weight excluding hydrogens is 515 g/mol. The highest BCUT2D eigenvalue weighted by Crippen LogP contribution is 2.42. The van der Waals surface area contributed by atoms with Gasteiger partial charge in [-0.05, 0) is 42.7 Å². The number of aromatic nitrogens is 1. The lowest BCUT2D eigenvalue weighted by Gasteiger charge is -2.29. The Hall–Kier alpha value is -2.64. The highest BCUT2D eigenvalue weighted by molar-refractivity contribution is 7.90. The number of hydrogen-bond donors (Lipinski definition) is 2. The smallest absolute Gasteiger partial charge is 0.341 e. The monoisotopic (exact) mass is 535 g/mol. The topological polar surface area (TPSA) is 63.1 Å². The van der Waals surface area contributed by atoms with E-state index in [0.717, 1.165) is 24.3 Å². The molecule has 5 rings (SSSR count). The van der Waals surface area contributed by atoms with Crippen LogP contribution in [0.4, 0.5) is 30.7 Å². The Morgan fingerprint density at radius 1 is 1.03 bits per heavy atom. The minimum atomic E-state index is -4.98. The summed E-state index contributed by atoms with van der Waals surface area (Å²) in [6, 6.07) is 1.53. The lowest BCUT2D eigenvalue weighted by molar-refractivity contribution is -0.137. The van der Waals surface area contributed by atoms with Gasteiger partial charge in [-0.25, -0.2) is 30.7 Å². The van der Waals surface area contributed by atoms with Crippen LogP contribution in [0.5, 0.6) is 0 Å². The summed E-state index contributed by atoms with van der Waals surface area (Å²) >= 11 is 0. The number of nitrogens with zero attached hydrogens (tertiary/aromatic N) is 1. The van der Waals surface area contributed by atoms with E-state index >= 15 is 4.39 Å². The van der Waals surface area contributed by atoms with Crippen molar-refractivity contribution in [2.75, 3.05) is 13.1 Å². The number of alkyl halides is 5. The quantitative estimate of drug-likeness (QED) is 0.412. The molecule has 13 heteroatoms. The van der Waals surface area contributed by atoms with Gasteiger partial charge in [-0.2, -0.15) is 13.2 Å². The molecule has 0 amide bonds. The summed E-state index contributed by atoms with van der Waals surface area (Å²) < 4.78 is 126. The predicted molar refractivity (Wildman–Crippen MR) is 118 cm³/mol. The molecule has 2 fully saturated rings. The first-order valence-corrected chi connectivity index (χ1v) is 12.6. The molecule has 2 heterocycles. The number of sulfonamides is 1. The minimum Gasteiger partial charge on any atom is -0.341 e. The molecule has 1 saturated carbocycles. The van der Waals surface area contributed by atoms with Crippen molar-refractivity contribution in [3.63, 3.8) is 0 Å². The zero-order chi connectivity index (χ0) is 26.0. The standard InChI is InChI=1S/C23H20F7N3O2S/c24-11-1-4-14(18(5-11)23(28,29)30)15-7-20-16(6-19(15)25)17(10-33(20)12-8-31-9-12)21(22(26)27)32-36(34,35)13-2-3-13/h1,4-7,10,12-13,21-22,31-32H,2-3,8-9H2/t21-/m0/s1. The number of rotatable bonds is 7. The third-order valence-electron chi connectivity index (χ3n) is 6.52. The van der Waals surface area contributed by atoms with E-state index in [0.29, 0.717) is 25.9 Å².